The van der Waals surface area contributed by atoms with E-state index < -0.39 is 0 Å². The van der Waals surface area contributed by atoms with Crippen LogP contribution in [0.1, 0.15) is 11.6 Å². The first-order chi connectivity index (χ1) is 10.1. The lowest BCUT2D eigenvalue weighted by molar-refractivity contribution is 0.0927. The summed E-state index contributed by atoms with van der Waals surface area (Å²) in [5.74, 6) is -0.150. The molecule has 1 saturated heterocycles. The Morgan fingerprint density at radius 2 is 1.86 bits per heavy atom. The first kappa shape index (κ1) is 16.4. The van der Waals surface area contributed by atoms with Gasteiger partial charge in [-0.1, -0.05) is 18.2 Å². The van der Waals surface area contributed by atoms with E-state index >= 15 is 0 Å². The normalized spacial score (nSPS) is 19.1. The summed E-state index contributed by atoms with van der Waals surface area (Å²) in [5.41, 5.74) is 6.63. The molecule has 0 saturated carbocycles. The van der Waals surface area contributed by atoms with Crippen LogP contribution in [-0.4, -0.2) is 74.6 Å². The Labute approximate surface area is 127 Å². The highest BCUT2D eigenvalue weighted by Crippen LogP contribution is 2.23. The van der Waals surface area contributed by atoms with Crippen molar-refractivity contribution in [1.29, 1.82) is 0 Å². The maximum atomic E-state index is 14.0. The van der Waals surface area contributed by atoms with E-state index in [1.165, 1.54) is 6.07 Å². The molecule has 1 aliphatic rings. The van der Waals surface area contributed by atoms with Crippen LogP contribution in [0.4, 0.5) is 4.39 Å². The van der Waals surface area contributed by atoms with Crippen LogP contribution < -0.4 is 5.73 Å². The molecule has 0 aromatic heterocycles. The third kappa shape index (κ3) is 4.48. The molecular formula is C16H27FN4. The van der Waals surface area contributed by atoms with Crippen molar-refractivity contribution in [2.45, 2.75) is 6.04 Å². The fourth-order valence-electron chi connectivity index (χ4n) is 2.86. The van der Waals surface area contributed by atoms with Gasteiger partial charge in [0.15, 0.2) is 0 Å². The van der Waals surface area contributed by atoms with E-state index in [0.29, 0.717) is 6.54 Å². The summed E-state index contributed by atoms with van der Waals surface area (Å²) < 4.78 is 14.0. The first-order valence-corrected chi connectivity index (χ1v) is 7.67. The molecule has 1 atom stereocenters. The number of hydrogen-bond acceptors (Lipinski definition) is 4. The van der Waals surface area contributed by atoms with E-state index in [4.69, 9.17) is 5.73 Å². The Bertz CT molecular complexity index is 430. The molecule has 5 heteroatoms. The van der Waals surface area contributed by atoms with E-state index in [1.54, 1.807) is 6.07 Å². The minimum Gasteiger partial charge on any atom is -0.329 e. The Kier molecular flexibility index (Phi) is 6.11. The average Bonchev–Trinajstić information content (AvgIpc) is 2.49. The van der Waals surface area contributed by atoms with Gasteiger partial charge in [-0.15, -0.1) is 0 Å². The van der Waals surface area contributed by atoms with Gasteiger partial charge in [-0.05, 0) is 20.2 Å². The van der Waals surface area contributed by atoms with Crippen LogP contribution in [0.3, 0.4) is 0 Å². The fourth-order valence-corrected chi connectivity index (χ4v) is 2.86. The van der Waals surface area contributed by atoms with Crippen molar-refractivity contribution in [1.82, 2.24) is 14.7 Å². The van der Waals surface area contributed by atoms with E-state index in [2.05, 4.69) is 28.8 Å². The summed E-state index contributed by atoms with van der Waals surface area (Å²) >= 11 is 0. The van der Waals surface area contributed by atoms with E-state index in [1.807, 2.05) is 12.1 Å². The predicted molar refractivity (Wildman–Crippen MR) is 84.8 cm³/mol. The van der Waals surface area contributed by atoms with Crippen LogP contribution in [0.15, 0.2) is 24.3 Å². The highest BCUT2D eigenvalue weighted by molar-refractivity contribution is 5.21. The van der Waals surface area contributed by atoms with Gasteiger partial charge in [0.25, 0.3) is 0 Å². The van der Waals surface area contributed by atoms with Crippen LogP contribution >= 0.6 is 0 Å². The zero-order valence-electron chi connectivity index (χ0n) is 13.1. The van der Waals surface area contributed by atoms with Gasteiger partial charge in [0.2, 0.25) is 0 Å². The zero-order valence-corrected chi connectivity index (χ0v) is 13.1. The van der Waals surface area contributed by atoms with Crippen LogP contribution in [0.25, 0.3) is 0 Å². The highest BCUT2D eigenvalue weighted by Gasteiger charge is 2.25. The molecule has 1 fully saturated rings. The lowest BCUT2D eigenvalue weighted by Crippen LogP contribution is -2.50. The highest BCUT2D eigenvalue weighted by atomic mass is 19.1. The van der Waals surface area contributed by atoms with Crippen molar-refractivity contribution in [3.8, 4) is 0 Å². The Hall–Kier alpha value is -1.01. The summed E-state index contributed by atoms with van der Waals surface area (Å²) in [5, 5.41) is 0. The van der Waals surface area contributed by atoms with Gasteiger partial charge in [-0.25, -0.2) is 4.39 Å². The second-order valence-electron chi connectivity index (χ2n) is 5.95. The molecule has 1 aromatic carbocycles. The molecule has 1 heterocycles. The smallest absolute Gasteiger partial charge is 0.128 e. The van der Waals surface area contributed by atoms with Gasteiger partial charge in [-0.3, -0.25) is 9.80 Å². The van der Waals surface area contributed by atoms with Gasteiger partial charge in [-0.2, -0.15) is 0 Å². The van der Waals surface area contributed by atoms with Gasteiger partial charge < -0.3 is 10.6 Å². The zero-order chi connectivity index (χ0) is 15.2. The molecule has 0 amide bonds. The number of likely N-dealkylation sites (N-methyl/N-ethyl adjacent to an activating group) is 1. The lowest BCUT2D eigenvalue weighted by atomic mass is 10.0. The summed E-state index contributed by atoms with van der Waals surface area (Å²) in [6.07, 6.45) is 0. The van der Waals surface area contributed by atoms with Crippen LogP contribution in [0, 0.1) is 5.82 Å². The fraction of sp³-hybridized carbons (Fsp3) is 0.625. The largest absolute Gasteiger partial charge is 0.329 e. The number of halogens is 1. The molecule has 21 heavy (non-hydrogen) atoms. The number of hydrogen-bond donors (Lipinski definition) is 1. The molecule has 2 N–H and O–H groups in total. The number of piperazine rings is 1. The van der Waals surface area contributed by atoms with Crippen molar-refractivity contribution in [3.63, 3.8) is 0 Å². The van der Waals surface area contributed by atoms with Crippen LogP contribution in [-0.2, 0) is 0 Å². The van der Waals surface area contributed by atoms with Crippen molar-refractivity contribution in [3.05, 3.63) is 35.6 Å². The number of benzene rings is 1. The quantitative estimate of drug-likeness (QED) is 0.849. The average molecular weight is 294 g/mol. The second kappa shape index (κ2) is 7.84. The Balaban J connectivity index is 1.92. The Morgan fingerprint density at radius 1 is 1.19 bits per heavy atom. The number of nitrogens with two attached hydrogens (primary N) is 1. The molecule has 2 rings (SSSR count). The lowest BCUT2D eigenvalue weighted by Gasteiger charge is -2.39. The molecule has 1 aliphatic heterocycles. The molecule has 0 bridgehead atoms. The monoisotopic (exact) mass is 294 g/mol. The van der Waals surface area contributed by atoms with Crippen molar-refractivity contribution in [2.24, 2.45) is 5.73 Å². The van der Waals surface area contributed by atoms with Gasteiger partial charge in [0.1, 0.15) is 5.82 Å². The maximum absolute atomic E-state index is 14.0. The maximum Gasteiger partial charge on any atom is 0.128 e. The van der Waals surface area contributed by atoms with E-state index in [-0.39, 0.29) is 11.9 Å². The molecule has 1 aromatic rings. The summed E-state index contributed by atoms with van der Waals surface area (Å²) in [6, 6.07) is 6.97. The predicted octanol–water partition coefficient (Wildman–Crippen LogP) is 1.00. The minimum absolute atomic E-state index is 0.0119. The summed E-state index contributed by atoms with van der Waals surface area (Å²) in [6.45, 7) is 6.57. The van der Waals surface area contributed by atoms with E-state index in [9.17, 15) is 4.39 Å². The van der Waals surface area contributed by atoms with Crippen molar-refractivity contribution >= 4 is 0 Å². The summed E-state index contributed by atoms with van der Waals surface area (Å²) in [7, 11) is 4.19. The molecule has 1 unspecified atom stereocenters. The third-order valence-corrected chi connectivity index (χ3v) is 4.20. The van der Waals surface area contributed by atoms with Gasteiger partial charge in [0.05, 0.1) is 6.04 Å². The molecule has 118 valence electrons. The van der Waals surface area contributed by atoms with Gasteiger partial charge >= 0.3 is 0 Å². The Morgan fingerprint density at radius 3 is 2.43 bits per heavy atom. The number of nitrogens with zero attached hydrogens (tertiary/aromatic N) is 3. The molecule has 0 aliphatic carbocycles. The summed E-state index contributed by atoms with van der Waals surface area (Å²) in [4.78, 5) is 6.98. The minimum atomic E-state index is -0.150. The van der Waals surface area contributed by atoms with Crippen molar-refractivity contribution in [2.75, 3.05) is 59.9 Å². The van der Waals surface area contributed by atoms with Crippen LogP contribution in [0.5, 0.6) is 0 Å². The number of rotatable bonds is 6. The SMILES string of the molecule is CN(C)CCN1CCN(C(CN)c2ccccc2F)CC1. The topological polar surface area (TPSA) is 35.7 Å². The van der Waals surface area contributed by atoms with E-state index in [0.717, 1.165) is 44.8 Å². The molecule has 4 nitrogen and oxygen atoms in total. The van der Waals surface area contributed by atoms with Crippen molar-refractivity contribution < 1.29 is 4.39 Å². The molecule has 0 radical (unpaired) electrons. The van der Waals surface area contributed by atoms with Crippen LogP contribution in [0.2, 0.25) is 0 Å². The second-order valence-corrected chi connectivity index (χ2v) is 5.95. The standard InChI is InChI=1S/C16H27FN4/c1-19(2)7-8-20-9-11-21(12-10-20)16(13-18)14-5-3-4-6-15(14)17/h3-6,16H,7-13,18H2,1-2H3. The third-order valence-electron chi connectivity index (χ3n) is 4.20. The molecular weight excluding hydrogens is 267 g/mol. The first-order valence-electron chi connectivity index (χ1n) is 7.67. The van der Waals surface area contributed by atoms with Gasteiger partial charge in [0, 0.05) is 51.4 Å². The molecule has 0 spiro atoms.